The van der Waals surface area contributed by atoms with Gasteiger partial charge in [-0.15, -0.1) is 0 Å². The van der Waals surface area contributed by atoms with E-state index >= 15 is 0 Å². The number of rotatable bonds is 1. The number of benzene rings is 1. The SMILES string of the molecule is CC1(C)CN=C(Nc2ccc3c(c2)COC3)SC1. The lowest BCUT2D eigenvalue weighted by atomic mass is 9.97. The Labute approximate surface area is 112 Å². The fourth-order valence-electron chi connectivity index (χ4n) is 2.09. The maximum atomic E-state index is 5.42. The molecule has 0 amide bonds. The van der Waals surface area contributed by atoms with Crippen LogP contribution in [0.5, 0.6) is 0 Å². The summed E-state index contributed by atoms with van der Waals surface area (Å²) < 4.78 is 5.42. The Morgan fingerprint density at radius 2 is 2.11 bits per heavy atom. The van der Waals surface area contributed by atoms with Crippen LogP contribution in [-0.4, -0.2) is 17.5 Å². The van der Waals surface area contributed by atoms with Crippen molar-refractivity contribution >= 4 is 22.6 Å². The van der Waals surface area contributed by atoms with Crippen molar-refractivity contribution in [2.45, 2.75) is 27.1 Å². The lowest BCUT2D eigenvalue weighted by Crippen LogP contribution is -2.27. The van der Waals surface area contributed by atoms with Gasteiger partial charge in [0, 0.05) is 18.0 Å². The van der Waals surface area contributed by atoms with Gasteiger partial charge in [-0.05, 0) is 28.7 Å². The molecule has 0 atom stereocenters. The normalized spacial score (nSPS) is 21.3. The minimum absolute atomic E-state index is 0.321. The topological polar surface area (TPSA) is 33.6 Å². The van der Waals surface area contributed by atoms with Crippen LogP contribution in [0.15, 0.2) is 23.2 Å². The number of hydrogen-bond donors (Lipinski definition) is 1. The highest BCUT2D eigenvalue weighted by Gasteiger charge is 2.23. The monoisotopic (exact) mass is 262 g/mol. The van der Waals surface area contributed by atoms with E-state index in [0.29, 0.717) is 5.41 Å². The Bertz CT molecular complexity index is 497. The number of fused-ring (bicyclic) bond motifs is 1. The van der Waals surface area contributed by atoms with E-state index in [1.807, 2.05) is 0 Å². The van der Waals surface area contributed by atoms with E-state index in [1.165, 1.54) is 11.1 Å². The molecule has 1 aromatic rings. The Morgan fingerprint density at radius 1 is 1.28 bits per heavy atom. The van der Waals surface area contributed by atoms with Crippen LogP contribution in [0.3, 0.4) is 0 Å². The minimum Gasteiger partial charge on any atom is -0.372 e. The van der Waals surface area contributed by atoms with Crippen molar-refractivity contribution in [2.75, 3.05) is 17.6 Å². The zero-order valence-corrected chi connectivity index (χ0v) is 11.6. The molecule has 3 nitrogen and oxygen atoms in total. The third kappa shape index (κ3) is 2.54. The van der Waals surface area contributed by atoms with Crippen LogP contribution in [0.25, 0.3) is 0 Å². The second kappa shape index (κ2) is 4.59. The van der Waals surface area contributed by atoms with Gasteiger partial charge in [-0.3, -0.25) is 4.99 Å². The third-order valence-electron chi connectivity index (χ3n) is 3.22. The summed E-state index contributed by atoms with van der Waals surface area (Å²) in [6, 6.07) is 6.42. The number of nitrogens with zero attached hydrogens (tertiary/aromatic N) is 1. The molecule has 0 saturated heterocycles. The van der Waals surface area contributed by atoms with E-state index < -0.39 is 0 Å². The molecule has 0 bridgehead atoms. The molecule has 18 heavy (non-hydrogen) atoms. The Morgan fingerprint density at radius 3 is 2.89 bits per heavy atom. The molecule has 4 heteroatoms. The van der Waals surface area contributed by atoms with Crippen molar-refractivity contribution in [1.82, 2.24) is 0 Å². The first-order valence-corrected chi connectivity index (χ1v) is 7.25. The van der Waals surface area contributed by atoms with Gasteiger partial charge in [-0.1, -0.05) is 31.7 Å². The second-order valence-corrected chi connectivity index (χ2v) is 6.64. The number of thioether (sulfide) groups is 1. The van der Waals surface area contributed by atoms with E-state index in [9.17, 15) is 0 Å². The zero-order valence-electron chi connectivity index (χ0n) is 10.8. The molecule has 1 N–H and O–H groups in total. The highest BCUT2D eigenvalue weighted by Crippen LogP contribution is 2.29. The molecular formula is C14H18N2OS. The molecule has 0 aromatic heterocycles. The van der Waals surface area contributed by atoms with Crippen molar-refractivity contribution in [3.05, 3.63) is 29.3 Å². The second-order valence-electron chi connectivity index (χ2n) is 5.68. The van der Waals surface area contributed by atoms with Gasteiger partial charge >= 0.3 is 0 Å². The Kier molecular flexibility index (Phi) is 3.08. The molecule has 3 rings (SSSR count). The van der Waals surface area contributed by atoms with Crippen LogP contribution in [-0.2, 0) is 18.0 Å². The fraction of sp³-hybridized carbons (Fsp3) is 0.500. The van der Waals surface area contributed by atoms with Crippen LogP contribution in [0.2, 0.25) is 0 Å². The summed E-state index contributed by atoms with van der Waals surface area (Å²) in [6.45, 7) is 6.90. The van der Waals surface area contributed by atoms with E-state index in [-0.39, 0.29) is 0 Å². The minimum atomic E-state index is 0.321. The number of anilines is 1. The molecule has 2 aliphatic heterocycles. The lowest BCUT2D eigenvalue weighted by Gasteiger charge is -2.27. The van der Waals surface area contributed by atoms with Crippen LogP contribution < -0.4 is 5.32 Å². The molecule has 2 heterocycles. The summed E-state index contributed by atoms with van der Waals surface area (Å²) in [6.07, 6.45) is 0. The van der Waals surface area contributed by atoms with Gasteiger partial charge in [-0.2, -0.15) is 0 Å². The fourth-order valence-corrected chi connectivity index (χ4v) is 3.05. The number of amidine groups is 1. The van der Waals surface area contributed by atoms with E-state index in [4.69, 9.17) is 4.74 Å². The predicted octanol–water partition coefficient (Wildman–Crippen LogP) is 3.26. The zero-order chi connectivity index (χ0) is 12.6. The van der Waals surface area contributed by atoms with Crippen molar-refractivity contribution in [3.63, 3.8) is 0 Å². The number of hydrogen-bond acceptors (Lipinski definition) is 4. The van der Waals surface area contributed by atoms with Crippen LogP contribution in [0, 0.1) is 5.41 Å². The summed E-state index contributed by atoms with van der Waals surface area (Å²) >= 11 is 1.81. The van der Waals surface area contributed by atoms with Gasteiger partial charge in [0.15, 0.2) is 5.17 Å². The quantitative estimate of drug-likeness (QED) is 0.843. The molecule has 0 spiro atoms. The predicted molar refractivity (Wildman–Crippen MR) is 77.1 cm³/mol. The average Bonchev–Trinajstić information content (AvgIpc) is 2.79. The van der Waals surface area contributed by atoms with E-state index in [0.717, 1.165) is 36.4 Å². The van der Waals surface area contributed by atoms with Crippen LogP contribution in [0.1, 0.15) is 25.0 Å². The van der Waals surface area contributed by atoms with Gasteiger partial charge < -0.3 is 10.1 Å². The Hall–Kier alpha value is -1.00. The summed E-state index contributed by atoms with van der Waals surface area (Å²) in [7, 11) is 0. The molecule has 2 aliphatic rings. The molecule has 1 aromatic carbocycles. The molecule has 0 fully saturated rings. The van der Waals surface area contributed by atoms with Crippen LogP contribution >= 0.6 is 11.8 Å². The van der Waals surface area contributed by atoms with Crippen molar-refractivity contribution in [3.8, 4) is 0 Å². The number of ether oxygens (including phenoxy) is 1. The maximum Gasteiger partial charge on any atom is 0.161 e. The first-order valence-electron chi connectivity index (χ1n) is 6.26. The van der Waals surface area contributed by atoms with Crippen LogP contribution in [0.4, 0.5) is 5.69 Å². The highest BCUT2D eigenvalue weighted by molar-refractivity contribution is 8.14. The third-order valence-corrected chi connectivity index (χ3v) is 4.65. The number of aliphatic imine (C=N–C) groups is 1. The van der Waals surface area contributed by atoms with Gasteiger partial charge in [0.05, 0.1) is 13.2 Å². The van der Waals surface area contributed by atoms with Gasteiger partial charge in [0.25, 0.3) is 0 Å². The van der Waals surface area contributed by atoms with Crippen molar-refractivity contribution in [2.24, 2.45) is 10.4 Å². The summed E-state index contributed by atoms with van der Waals surface area (Å²) in [5, 5.41) is 4.44. The van der Waals surface area contributed by atoms with Crippen molar-refractivity contribution < 1.29 is 4.74 Å². The highest BCUT2D eigenvalue weighted by atomic mass is 32.2. The lowest BCUT2D eigenvalue weighted by molar-refractivity contribution is 0.134. The summed E-state index contributed by atoms with van der Waals surface area (Å²) in [5.41, 5.74) is 4.04. The maximum absolute atomic E-state index is 5.42. The summed E-state index contributed by atoms with van der Waals surface area (Å²) in [5.74, 6) is 1.12. The largest absolute Gasteiger partial charge is 0.372 e. The first-order chi connectivity index (χ1) is 8.62. The Balaban J connectivity index is 1.72. The average molecular weight is 262 g/mol. The molecule has 0 radical (unpaired) electrons. The van der Waals surface area contributed by atoms with E-state index in [1.54, 1.807) is 11.8 Å². The number of nitrogens with one attached hydrogen (secondary N) is 1. The van der Waals surface area contributed by atoms with E-state index in [2.05, 4.69) is 42.4 Å². The molecule has 0 aliphatic carbocycles. The van der Waals surface area contributed by atoms with Gasteiger partial charge in [0.1, 0.15) is 0 Å². The van der Waals surface area contributed by atoms with Crippen molar-refractivity contribution in [1.29, 1.82) is 0 Å². The molecule has 0 saturated carbocycles. The van der Waals surface area contributed by atoms with Gasteiger partial charge in [0.2, 0.25) is 0 Å². The standard InChI is InChI=1S/C14H18N2OS/c1-14(2)8-15-13(18-9-14)16-12-4-3-10-6-17-7-11(10)5-12/h3-5H,6-9H2,1-2H3,(H,15,16). The smallest absolute Gasteiger partial charge is 0.161 e. The molecule has 96 valence electrons. The van der Waals surface area contributed by atoms with Gasteiger partial charge in [-0.25, -0.2) is 0 Å². The summed E-state index contributed by atoms with van der Waals surface area (Å²) in [4.78, 5) is 4.61. The molecule has 0 unspecified atom stereocenters. The molecular weight excluding hydrogens is 244 g/mol. The first kappa shape index (κ1) is 12.1.